The Labute approximate surface area is 95.0 Å². The van der Waals surface area contributed by atoms with Crippen molar-refractivity contribution in [3.05, 3.63) is 29.8 Å². The van der Waals surface area contributed by atoms with E-state index in [1.165, 1.54) is 0 Å². The first-order chi connectivity index (χ1) is 7.59. The molecule has 0 saturated carbocycles. The molecular weight excluding hydrogens is 204 g/mol. The minimum atomic E-state index is -0.749. The minimum absolute atomic E-state index is 0.0532. The van der Waals surface area contributed by atoms with Crippen LogP contribution in [0.5, 0.6) is 5.75 Å². The molecule has 0 radical (unpaired) electrons. The van der Waals surface area contributed by atoms with Crippen molar-refractivity contribution in [2.75, 3.05) is 0 Å². The highest BCUT2D eigenvalue weighted by molar-refractivity contribution is 5.68. The van der Waals surface area contributed by atoms with Gasteiger partial charge in [-0.2, -0.15) is 0 Å². The van der Waals surface area contributed by atoms with E-state index in [-0.39, 0.29) is 24.4 Å². The molecule has 1 aromatic rings. The summed E-state index contributed by atoms with van der Waals surface area (Å²) in [5.41, 5.74) is 1.02. The molecule has 3 atom stereocenters. The number of fused-ring (bicyclic) bond motifs is 1. The predicted molar refractivity (Wildman–Crippen MR) is 60.7 cm³/mol. The van der Waals surface area contributed by atoms with Gasteiger partial charge < -0.3 is 9.84 Å². The molecule has 0 saturated heterocycles. The number of carboxylic acids is 1. The highest BCUT2D eigenvalue weighted by atomic mass is 16.5. The molecule has 0 fully saturated rings. The molecule has 3 nitrogen and oxygen atoms in total. The average Bonchev–Trinajstić information content (AvgIpc) is 2.24. The van der Waals surface area contributed by atoms with Gasteiger partial charge in [-0.05, 0) is 18.6 Å². The average molecular weight is 220 g/mol. The van der Waals surface area contributed by atoms with Gasteiger partial charge in [-0.1, -0.05) is 25.1 Å². The van der Waals surface area contributed by atoms with Gasteiger partial charge in [0.1, 0.15) is 5.75 Å². The second-order valence-corrected chi connectivity index (χ2v) is 4.42. The molecule has 16 heavy (non-hydrogen) atoms. The summed E-state index contributed by atoms with van der Waals surface area (Å²) in [7, 11) is 0. The summed E-state index contributed by atoms with van der Waals surface area (Å²) in [6, 6.07) is 7.72. The highest BCUT2D eigenvalue weighted by Gasteiger charge is 2.33. The van der Waals surface area contributed by atoms with Gasteiger partial charge in [0, 0.05) is 11.8 Å². The molecule has 0 spiro atoms. The Hall–Kier alpha value is -1.51. The van der Waals surface area contributed by atoms with Crippen molar-refractivity contribution in [1.29, 1.82) is 0 Å². The van der Waals surface area contributed by atoms with Crippen LogP contribution in [-0.2, 0) is 4.79 Å². The summed E-state index contributed by atoms with van der Waals surface area (Å²) < 4.78 is 5.76. The van der Waals surface area contributed by atoms with Crippen molar-refractivity contribution < 1.29 is 14.6 Å². The molecule has 1 heterocycles. The smallest absolute Gasteiger partial charge is 0.303 e. The van der Waals surface area contributed by atoms with E-state index in [0.717, 1.165) is 11.3 Å². The van der Waals surface area contributed by atoms with Crippen molar-refractivity contribution in [3.8, 4) is 5.75 Å². The zero-order valence-corrected chi connectivity index (χ0v) is 9.51. The van der Waals surface area contributed by atoms with Gasteiger partial charge in [0.25, 0.3) is 0 Å². The molecule has 0 bridgehead atoms. The molecule has 1 aliphatic heterocycles. The van der Waals surface area contributed by atoms with Crippen LogP contribution in [0, 0.1) is 5.92 Å². The number of aliphatic carboxylic acids is 1. The zero-order valence-electron chi connectivity index (χ0n) is 9.51. The van der Waals surface area contributed by atoms with Crippen LogP contribution >= 0.6 is 0 Å². The second kappa shape index (κ2) is 4.16. The molecule has 1 unspecified atom stereocenters. The number of ether oxygens (including phenoxy) is 1. The number of carbonyl (C=O) groups is 1. The third kappa shape index (κ3) is 1.90. The molecule has 0 amide bonds. The summed E-state index contributed by atoms with van der Waals surface area (Å²) >= 11 is 0. The Bertz CT molecular complexity index is 400. The van der Waals surface area contributed by atoms with Crippen LogP contribution in [0.3, 0.4) is 0 Å². The number of rotatable bonds is 2. The van der Waals surface area contributed by atoms with Crippen molar-refractivity contribution in [1.82, 2.24) is 0 Å². The summed E-state index contributed by atoms with van der Waals surface area (Å²) in [6.45, 7) is 4.05. The van der Waals surface area contributed by atoms with Crippen molar-refractivity contribution in [3.63, 3.8) is 0 Å². The monoisotopic (exact) mass is 220 g/mol. The minimum Gasteiger partial charge on any atom is -0.490 e. The van der Waals surface area contributed by atoms with Gasteiger partial charge in [-0.15, -0.1) is 0 Å². The van der Waals surface area contributed by atoms with Crippen LogP contribution < -0.4 is 4.74 Å². The summed E-state index contributed by atoms with van der Waals surface area (Å²) in [4.78, 5) is 10.9. The van der Waals surface area contributed by atoms with E-state index < -0.39 is 5.97 Å². The summed E-state index contributed by atoms with van der Waals surface area (Å²) in [5.74, 6) is 0.364. The number of para-hydroxylation sites is 1. The third-order valence-electron chi connectivity index (χ3n) is 3.40. The Balaban J connectivity index is 2.37. The fraction of sp³-hybridized carbons (Fsp3) is 0.462. The van der Waals surface area contributed by atoms with Gasteiger partial charge in [0.15, 0.2) is 0 Å². The van der Waals surface area contributed by atoms with E-state index in [0.29, 0.717) is 0 Å². The van der Waals surface area contributed by atoms with E-state index in [2.05, 4.69) is 0 Å². The third-order valence-corrected chi connectivity index (χ3v) is 3.40. The maximum absolute atomic E-state index is 10.9. The molecule has 2 rings (SSSR count). The highest BCUT2D eigenvalue weighted by Crippen LogP contribution is 2.41. The van der Waals surface area contributed by atoms with Crippen LogP contribution in [0.25, 0.3) is 0 Å². The van der Waals surface area contributed by atoms with Gasteiger partial charge >= 0.3 is 5.97 Å². The van der Waals surface area contributed by atoms with Crippen LogP contribution in [-0.4, -0.2) is 17.2 Å². The molecule has 1 aliphatic rings. The first kappa shape index (κ1) is 11.0. The van der Waals surface area contributed by atoms with E-state index in [9.17, 15) is 4.79 Å². The molecular formula is C13H16O3. The van der Waals surface area contributed by atoms with Crippen LogP contribution in [0.2, 0.25) is 0 Å². The molecule has 3 heteroatoms. The second-order valence-electron chi connectivity index (χ2n) is 4.42. The predicted octanol–water partition coefficient (Wildman–Crippen LogP) is 2.66. The Morgan fingerprint density at radius 3 is 2.75 bits per heavy atom. The SMILES string of the molecule is C[C@@H]1C(CC(=O)O)c2ccccc2O[C@@H]1C. The lowest BCUT2D eigenvalue weighted by molar-refractivity contribution is -0.138. The lowest BCUT2D eigenvalue weighted by Crippen LogP contribution is -2.33. The van der Waals surface area contributed by atoms with Gasteiger partial charge in [-0.3, -0.25) is 4.79 Å². The fourth-order valence-corrected chi connectivity index (χ4v) is 2.30. The van der Waals surface area contributed by atoms with Gasteiger partial charge in [-0.25, -0.2) is 0 Å². The molecule has 1 N–H and O–H groups in total. The summed E-state index contributed by atoms with van der Waals surface area (Å²) in [6.07, 6.45) is 0.241. The molecule has 0 aromatic heterocycles. The lowest BCUT2D eigenvalue weighted by Gasteiger charge is -2.35. The largest absolute Gasteiger partial charge is 0.490 e. The lowest BCUT2D eigenvalue weighted by atomic mass is 9.79. The summed E-state index contributed by atoms with van der Waals surface area (Å²) in [5, 5.41) is 8.95. The molecule has 86 valence electrons. The van der Waals surface area contributed by atoms with E-state index >= 15 is 0 Å². The van der Waals surface area contributed by atoms with Crippen molar-refractivity contribution >= 4 is 5.97 Å². The number of benzene rings is 1. The fourth-order valence-electron chi connectivity index (χ4n) is 2.30. The number of carboxylic acid groups (broad SMARTS) is 1. The zero-order chi connectivity index (χ0) is 11.7. The van der Waals surface area contributed by atoms with Crippen LogP contribution in [0.1, 0.15) is 31.7 Å². The van der Waals surface area contributed by atoms with Crippen molar-refractivity contribution in [2.24, 2.45) is 5.92 Å². The van der Waals surface area contributed by atoms with Crippen molar-refractivity contribution in [2.45, 2.75) is 32.3 Å². The Morgan fingerprint density at radius 2 is 2.06 bits per heavy atom. The number of hydrogen-bond donors (Lipinski definition) is 1. The molecule has 0 aliphatic carbocycles. The van der Waals surface area contributed by atoms with E-state index in [4.69, 9.17) is 9.84 Å². The maximum atomic E-state index is 10.9. The van der Waals surface area contributed by atoms with Crippen LogP contribution in [0.15, 0.2) is 24.3 Å². The maximum Gasteiger partial charge on any atom is 0.303 e. The Morgan fingerprint density at radius 1 is 1.38 bits per heavy atom. The van der Waals surface area contributed by atoms with E-state index in [1.807, 2.05) is 38.1 Å². The molecule has 1 aromatic carbocycles. The van der Waals surface area contributed by atoms with Crippen LogP contribution in [0.4, 0.5) is 0 Å². The normalized spacial score (nSPS) is 28.0. The van der Waals surface area contributed by atoms with Gasteiger partial charge in [0.05, 0.1) is 12.5 Å². The topological polar surface area (TPSA) is 46.5 Å². The standard InChI is InChI=1S/C13H16O3/c1-8-9(2)16-12-6-4-3-5-10(12)11(8)7-13(14)15/h3-6,8-9,11H,7H2,1-2H3,(H,14,15)/t8-,9+,11?/m0/s1. The van der Waals surface area contributed by atoms with E-state index in [1.54, 1.807) is 0 Å². The first-order valence-corrected chi connectivity index (χ1v) is 5.57. The van der Waals surface area contributed by atoms with Gasteiger partial charge in [0.2, 0.25) is 0 Å². The first-order valence-electron chi connectivity index (χ1n) is 5.57. The Kier molecular flexibility index (Phi) is 2.86. The number of hydrogen-bond acceptors (Lipinski definition) is 2. The quantitative estimate of drug-likeness (QED) is 0.833.